The molecule has 0 spiro atoms. The molecule has 2 aromatic carbocycles. The maximum atomic E-state index is 13.4. The summed E-state index contributed by atoms with van der Waals surface area (Å²) in [6, 6.07) is 16.7. The smallest absolute Gasteiger partial charge is 0.433 e. The molecular weight excluding hydrogens is 341 g/mol. The molecule has 6 heteroatoms. The summed E-state index contributed by atoms with van der Waals surface area (Å²) in [6.07, 6.45) is -4.57. The number of pyridine rings is 1. The lowest BCUT2D eigenvalue weighted by atomic mass is 9.94. The normalized spacial score (nSPS) is 11.4. The number of hydrogen-bond acceptors (Lipinski definition) is 3. The average molecular weight is 358 g/mol. The SMILES string of the molecule is COc1cccc(-c2cc(C(F)(F)F)nc(-c3ccccc3)c2CN)c1. The van der Waals surface area contributed by atoms with Crippen LogP contribution in [0.15, 0.2) is 60.7 Å². The Morgan fingerprint density at radius 1 is 0.962 bits per heavy atom. The van der Waals surface area contributed by atoms with Crippen molar-refractivity contribution in [1.29, 1.82) is 0 Å². The minimum Gasteiger partial charge on any atom is -0.497 e. The van der Waals surface area contributed by atoms with Crippen LogP contribution in [-0.2, 0) is 12.7 Å². The Kier molecular flexibility index (Phi) is 4.95. The van der Waals surface area contributed by atoms with Gasteiger partial charge in [-0.25, -0.2) is 4.98 Å². The van der Waals surface area contributed by atoms with Crippen molar-refractivity contribution in [3.8, 4) is 28.1 Å². The van der Waals surface area contributed by atoms with Crippen molar-refractivity contribution in [2.75, 3.05) is 7.11 Å². The molecule has 0 saturated heterocycles. The van der Waals surface area contributed by atoms with Crippen molar-refractivity contribution in [3.63, 3.8) is 0 Å². The molecule has 0 fully saturated rings. The number of benzene rings is 2. The fraction of sp³-hybridized carbons (Fsp3) is 0.150. The van der Waals surface area contributed by atoms with Gasteiger partial charge in [-0.2, -0.15) is 13.2 Å². The lowest BCUT2D eigenvalue weighted by Gasteiger charge is -2.17. The van der Waals surface area contributed by atoms with Gasteiger partial charge in [0.25, 0.3) is 0 Å². The van der Waals surface area contributed by atoms with Gasteiger partial charge in [0.2, 0.25) is 0 Å². The molecular formula is C20H17F3N2O. The van der Waals surface area contributed by atoms with Crippen molar-refractivity contribution < 1.29 is 17.9 Å². The highest BCUT2D eigenvalue weighted by Crippen LogP contribution is 2.37. The van der Waals surface area contributed by atoms with E-state index in [2.05, 4.69) is 4.98 Å². The predicted octanol–water partition coefficient (Wildman–Crippen LogP) is 4.90. The van der Waals surface area contributed by atoms with Crippen LogP contribution in [0, 0.1) is 0 Å². The summed E-state index contributed by atoms with van der Waals surface area (Å²) >= 11 is 0. The first kappa shape index (κ1) is 17.9. The van der Waals surface area contributed by atoms with Crippen LogP contribution in [0.4, 0.5) is 13.2 Å². The van der Waals surface area contributed by atoms with E-state index in [4.69, 9.17) is 10.5 Å². The highest BCUT2D eigenvalue weighted by atomic mass is 19.4. The van der Waals surface area contributed by atoms with E-state index in [1.807, 2.05) is 0 Å². The molecule has 0 aliphatic carbocycles. The zero-order chi connectivity index (χ0) is 18.7. The van der Waals surface area contributed by atoms with E-state index >= 15 is 0 Å². The number of halogens is 3. The fourth-order valence-electron chi connectivity index (χ4n) is 2.81. The second-order valence-corrected chi connectivity index (χ2v) is 5.68. The van der Waals surface area contributed by atoms with Crippen molar-refractivity contribution in [2.45, 2.75) is 12.7 Å². The molecule has 3 rings (SSSR count). The molecule has 0 unspecified atom stereocenters. The van der Waals surface area contributed by atoms with Crippen LogP contribution in [0.1, 0.15) is 11.3 Å². The van der Waals surface area contributed by atoms with Gasteiger partial charge in [-0.05, 0) is 34.9 Å². The van der Waals surface area contributed by atoms with Gasteiger partial charge in [-0.3, -0.25) is 0 Å². The highest BCUT2D eigenvalue weighted by Gasteiger charge is 2.34. The van der Waals surface area contributed by atoms with E-state index in [1.54, 1.807) is 54.6 Å². The van der Waals surface area contributed by atoms with E-state index in [9.17, 15) is 13.2 Å². The quantitative estimate of drug-likeness (QED) is 0.721. The van der Waals surface area contributed by atoms with E-state index in [1.165, 1.54) is 7.11 Å². The molecule has 3 aromatic rings. The third-order valence-electron chi connectivity index (χ3n) is 4.05. The minimum absolute atomic E-state index is 0.0574. The second kappa shape index (κ2) is 7.17. The summed E-state index contributed by atoms with van der Waals surface area (Å²) in [5.74, 6) is 0.553. The molecule has 0 saturated carbocycles. The molecule has 0 atom stereocenters. The Labute approximate surface area is 149 Å². The minimum atomic E-state index is -4.57. The van der Waals surface area contributed by atoms with E-state index in [0.717, 1.165) is 6.07 Å². The monoisotopic (exact) mass is 358 g/mol. The molecule has 0 aliphatic rings. The first-order valence-electron chi connectivity index (χ1n) is 7.95. The van der Waals surface area contributed by atoms with Gasteiger partial charge in [-0.15, -0.1) is 0 Å². The zero-order valence-electron chi connectivity index (χ0n) is 14.0. The average Bonchev–Trinajstić information content (AvgIpc) is 2.66. The van der Waals surface area contributed by atoms with Crippen molar-refractivity contribution >= 4 is 0 Å². The molecule has 1 aromatic heterocycles. The van der Waals surface area contributed by atoms with Crippen LogP contribution >= 0.6 is 0 Å². The molecule has 2 N–H and O–H groups in total. The van der Waals surface area contributed by atoms with Gasteiger partial charge >= 0.3 is 6.18 Å². The van der Waals surface area contributed by atoms with Crippen LogP contribution in [0.5, 0.6) is 5.75 Å². The Balaban J connectivity index is 2.32. The maximum Gasteiger partial charge on any atom is 0.433 e. The summed E-state index contributed by atoms with van der Waals surface area (Å²) in [5, 5.41) is 0. The summed E-state index contributed by atoms with van der Waals surface area (Å²) in [5.41, 5.74) is 7.32. The Bertz CT molecular complexity index is 909. The van der Waals surface area contributed by atoms with Crippen LogP contribution in [0.2, 0.25) is 0 Å². The molecule has 134 valence electrons. The largest absolute Gasteiger partial charge is 0.497 e. The second-order valence-electron chi connectivity index (χ2n) is 5.68. The fourth-order valence-corrected chi connectivity index (χ4v) is 2.81. The number of rotatable bonds is 4. The first-order valence-corrected chi connectivity index (χ1v) is 7.95. The topological polar surface area (TPSA) is 48.1 Å². The predicted molar refractivity (Wildman–Crippen MR) is 94.6 cm³/mol. The Hall–Kier alpha value is -2.86. The van der Waals surface area contributed by atoms with Crippen molar-refractivity contribution in [2.24, 2.45) is 5.73 Å². The molecule has 3 nitrogen and oxygen atoms in total. The lowest BCUT2D eigenvalue weighted by molar-refractivity contribution is -0.141. The van der Waals surface area contributed by atoms with Gasteiger partial charge in [0.05, 0.1) is 12.8 Å². The van der Waals surface area contributed by atoms with Crippen LogP contribution < -0.4 is 10.5 Å². The van der Waals surface area contributed by atoms with Crippen molar-refractivity contribution in [3.05, 3.63) is 71.9 Å². The number of nitrogens with zero attached hydrogens (tertiary/aromatic N) is 1. The molecule has 1 heterocycles. The van der Waals surface area contributed by atoms with Gasteiger partial charge in [-0.1, -0.05) is 42.5 Å². The van der Waals surface area contributed by atoms with Crippen LogP contribution in [0.25, 0.3) is 22.4 Å². The highest BCUT2D eigenvalue weighted by molar-refractivity contribution is 5.77. The number of aromatic nitrogens is 1. The summed E-state index contributed by atoms with van der Waals surface area (Å²) in [4.78, 5) is 3.88. The van der Waals surface area contributed by atoms with E-state index in [-0.39, 0.29) is 12.2 Å². The van der Waals surface area contributed by atoms with Crippen LogP contribution in [-0.4, -0.2) is 12.1 Å². The molecule has 0 bridgehead atoms. The molecule has 0 amide bonds. The number of alkyl halides is 3. The number of hydrogen-bond donors (Lipinski definition) is 1. The summed E-state index contributed by atoms with van der Waals surface area (Å²) in [6.45, 7) is 0.0574. The Morgan fingerprint density at radius 2 is 1.65 bits per heavy atom. The van der Waals surface area contributed by atoms with Gasteiger partial charge in [0.1, 0.15) is 11.4 Å². The van der Waals surface area contributed by atoms with Gasteiger partial charge in [0.15, 0.2) is 0 Å². The van der Waals surface area contributed by atoms with Crippen molar-refractivity contribution in [1.82, 2.24) is 4.98 Å². The first-order chi connectivity index (χ1) is 12.4. The summed E-state index contributed by atoms with van der Waals surface area (Å²) < 4.78 is 45.5. The Morgan fingerprint density at radius 3 is 2.27 bits per heavy atom. The number of nitrogens with two attached hydrogens (primary N) is 1. The molecule has 26 heavy (non-hydrogen) atoms. The number of methoxy groups -OCH3 is 1. The van der Waals surface area contributed by atoms with Gasteiger partial charge < -0.3 is 10.5 Å². The lowest BCUT2D eigenvalue weighted by Crippen LogP contribution is -2.12. The third-order valence-corrected chi connectivity index (χ3v) is 4.05. The zero-order valence-corrected chi connectivity index (χ0v) is 14.0. The van der Waals surface area contributed by atoms with Crippen LogP contribution in [0.3, 0.4) is 0 Å². The third kappa shape index (κ3) is 3.55. The standard InChI is InChI=1S/C20H17F3N2O/c1-26-15-9-5-8-14(10-15)16-11-18(20(21,22)23)25-19(17(16)12-24)13-6-3-2-4-7-13/h2-11H,12,24H2,1H3. The summed E-state index contributed by atoms with van der Waals surface area (Å²) in [7, 11) is 1.51. The van der Waals surface area contributed by atoms with Gasteiger partial charge in [0, 0.05) is 12.1 Å². The molecule has 0 radical (unpaired) electrons. The molecule has 0 aliphatic heterocycles. The number of ether oxygens (including phenoxy) is 1. The van der Waals surface area contributed by atoms with E-state index < -0.39 is 11.9 Å². The van der Waals surface area contributed by atoms with E-state index in [0.29, 0.717) is 28.0 Å². The maximum absolute atomic E-state index is 13.4.